The highest BCUT2D eigenvalue weighted by Crippen LogP contribution is 2.14. The summed E-state index contributed by atoms with van der Waals surface area (Å²) in [7, 11) is 0. The van der Waals surface area contributed by atoms with Crippen molar-refractivity contribution in [3.63, 3.8) is 0 Å². The minimum absolute atomic E-state index is 0.546. The number of carbonyl (C=O) groups excluding carboxylic acids is 1. The van der Waals surface area contributed by atoms with Gasteiger partial charge in [0.05, 0.1) is 0 Å². The summed E-state index contributed by atoms with van der Waals surface area (Å²) in [6.07, 6.45) is 0.580. The molecule has 3 nitrogen and oxygen atoms in total. The van der Waals surface area contributed by atoms with Crippen LogP contribution in [0.15, 0.2) is 0 Å². The van der Waals surface area contributed by atoms with E-state index in [9.17, 15) is 4.79 Å². The molecule has 0 saturated carbocycles. The SMILES string of the molecule is [2H]C1CCC([2H])N1C(=O)OC(C)(C)C. The maximum absolute atomic E-state index is 11.5. The fraction of sp³-hybridized carbons (Fsp3) is 0.889. The van der Waals surface area contributed by atoms with Crippen LogP contribution in [0.4, 0.5) is 4.79 Å². The summed E-state index contributed by atoms with van der Waals surface area (Å²) in [6.45, 7) is 4.09. The first-order chi connectivity index (χ1) is 6.31. The fourth-order valence-corrected chi connectivity index (χ4v) is 0.965. The van der Waals surface area contributed by atoms with Crippen LogP contribution in [0.25, 0.3) is 0 Å². The third kappa shape index (κ3) is 2.72. The average molecular weight is 173 g/mol. The van der Waals surface area contributed by atoms with E-state index in [0.29, 0.717) is 12.8 Å². The zero-order chi connectivity index (χ0) is 10.9. The van der Waals surface area contributed by atoms with E-state index in [1.54, 1.807) is 20.8 Å². The van der Waals surface area contributed by atoms with E-state index in [1.165, 1.54) is 4.90 Å². The summed E-state index contributed by atoms with van der Waals surface area (Å²) in [6, 6.07) is 0. The third-order valence-corrected chi connectivity index (χ3v) is 1.42. The molecular formula is C9H17NO2. The number of hydrogen-bond acceptors (Lipinski definition) is 2. The van der Waals surface area contributed by atoms with E-state index in [1.807, 2.05) is 0 Å². The standard InChI is InChI=1S/C9H17NO2/c1-9(2,3)12-8(11)10-6-4-5-7-10/h4-7H2,1-3H3/i6D,7D. The summed E-state index contributed by atoms with van der Waals surface area (Å²) in [5.41, 5.74) is -0.556. The van der Waals surface area contributed by atoms with Crippen molar-refractivity contribution in [2.45, 2.75) is 39.2 Å². The molecule has 0 radical (unpaired) electrons. The first kappa shape index (κ1) is 6.75. The smallest absolute Gasteiger partial charge is 0.410 e. The zero-order valence-corrected chi connectivity index (χ0v) is 7.83. The zero-order valence-electron chi connectivity index (χ0n) is 9.83. The van der Waals surface area contributed by atoms with E-state index < -0.39 is 24.7 Å². The minimum Gasteiger partial charge on any atom is -0.444 e. The molecular weight excluding hydrogens is 154 g/mol. The lowest BCUT2D eigenvalue weighted by molar-refractivity contribution is 0.0295. The number of nitrogens with zero attached hydrogens (tertiary/aromatic N) is 1. The Hall–Kier alpha value is -0.730. The molecule has 2 atom stereocenters. The van der Waals surface area contributed by atoms with Crippen molar-refractivity contribution in [1.29, 1.82) is 0 Å². The van der Waals surface area contributed by atoms with Crippen molar-refractivity contribution in [3.8, 4) is 0 Å². The second-order valence-electron chi connectivity index (χ2n) is 3.83. The van der Waals surface area contributed by atoms with Gasteiger partial charge in [-0.25, -0.2) is 4.79 Å². The molecule has 12 heavy (non-hydrogen) atoms. The van der Waals surface area contributed by atoms with Gasteiger partial charge in [-0.05, 0) is 33.6 Å². The second kappa shape index (κ2) is 3.33. The summed E-state index contributed by atoms with van der Waals surface area (Å²) in [5, 5.41) is 0. The van der Waals surface area contributed by atoms with Gasteiger partial charge in [-0.1, -0.05) is 0 Å². The van der Waals surface area contributed by atoms with Gasteiger partial charge in [-0.2, -0.15) is 0 Å². The number of ether oxygens (including phenoxy) is 1. The highest BCUT2D eigenvalue weighted by atomic mass is 16.6. The van der Waals surface area contributed by atoms with Crippen LogP contribution >= 0.6 is 0 Å². The monoisotopic (exact) mass is 173 g/mol. The van der Waals surface area contributed by atoms with Gasteiger partial charge < -0.3 is 9.64 Å². The predicted molar refractivity (Wildman–Crippen MR) is 47.0 cm³/mol. The van der Waals surface area contributed by atoms with E-state index in [2.05, 4.69) is 0 Å². The Balaban J connectivity index is 2.60. The van der Waals surface area contributed by atoms with Crippen LogP contribution in [0.3, 0.4) is 0 Å². The number of hydrogen-bond donors (Lipinski definition) is 0. The lowest BCUT2D eigenvalue weighted by atomic mass is 10.2. The summed E-state index contributed by atoms with van der Waals surface area (Å²) < 4.78 is 20.2. The lowest BCUT2D eigenvalue weighted by Gasteiger charge is -2.23. The molecule has 1 rings (SSSR count). The molecule has 0 aromatic carbocycles. The molecule has 1 heterocycles. The Morgan fingerprint density at radius 1 is 1.42 bits per heavy atom. The van der Waals surface area contributed by atoms with Crippen LogP contribution in [0.1, 0.15) is 36.4 Å². The molecule has 70 valence electrons. The van der Waals surface area contributed by atoms with E-state index in [-0.39, 0.29) is 0 Å². The Morgan fingerprint density at radius 2 is 1.92 bits per heavy atom. The highest BCUT2D eigenvalue weighted by Gasteiger charge is 2.23. The summed E-state index contributed by atoms with van der Waals surface area (Å²) in [4.78, 5) is 12.7. The first-order valence-corrected chi connectivity index (χ1v) is 4.17. The highest BCUT2D eigenvalue weighted by molar-refractivity contribution is 5.68. The Bertz CT molecular complexity index is 217. The molecule has 0 aliphatic carbocycles. The first-order valence-electron chi connectivity index (χ1n) is 5.32. The fourth-order valence-electron chi connectivity index (χ4n) is 0.965. The van der Waals surface area contributed by atoms with E-state index in [4.69, 9.17) is 7.48 Å². The number of amides is 1. The molecule has 0 N–H and O–H groups in total. The molecule has 1 amide bonds. The normalized spacial score (nSPS) is 32.8. The van der Waals surface area contributed by atoms with Gasteiger partial charge >= 0.3 is 6.09 Å². The van der Waals surface area contributed by atoms with Crippen LogP contribution in [0, 0.1) is 0 Å². The number of rotatable bonds is 0. The predicted octanol–water partition coefficient (Wildman–Crippen LogP) is 2.02. The molecule has 1 saturated heterocycles. The van der Waals surface area contributed by atoms with Gasteiger partial charge in [0, 0.05) is 15.8 Å². The second-order valence-corrected chi connectivity index (χ2v) is 3.83. The largest absolute Gasteiger partial charge is 0.444 e. The topological polar surface area (TPSA) is 29.5 Å². The Labute approximate surface area is 76.5 Å². The minimum atomic E-state index is -0.618. The van der Waals surface area contributed by atoms with E-state index >= 15 is 0 Å². The summed E-state index contributed by atoms with van der Waals surface area (Å²) >= 11 is 0. The van der Waals surface area contributed by atoms with Crippen molar-refractivity contribution in [3.05, 3.63) is 0 Å². The van der Waals surface area contributed by atoms with Gasteiger partial charge in [0.1, 0.15) is 5.60 Å². The van der Waals surface area contributed by atoms with Gasteiger partial charge in [0.2, 0.25) is 0 Å². The van der Waals surface area contributed by atoms with Gasteiger partial charge in [-0.3, -0.25) is 0 Å². The van der Waals surface area contributed by atoms with Crippen LogP contribution in [-0.4, -0.2) is 29.6 Å². The molecule has 1 aliphatic rings. The van der Waals surface area contributed by atoms with E-state index in [0.717, 1.165) is 0 Å². The number of likely N-dealkylation sites (tertiary alicyclic amines) is 1. The van der Waals surface area contributed by atoms with Gasteiger partial charge in [0.25, 0.3) is 0 Å². The molecule has 0 aromatic rings. The Kier molecular flexibility index (Phi) is 1.88. The summed E-state index contributed by atoms with van der Waals surface area (Å²) in [5.74, 6) is 0. The molecule has 1 aliphatic heterocycles. The van der Waals surface area contributed by atoms with Crippen molar-refractivity contribution < 1.29 is 12.3 Å². The molecule has 0 aromatic heterocycles. The quantitative estimate of drug-likeness (QED) is 0.561. The molecule has 2 unspecified atom stereocenters. The van der Waals surface area contributed by atoms with Gasteiger partial charge in [-0.15, -0.1) is 0 Å². The molecule has 3 heteroatoms. The van der Waals surface area contributed by atoms with Crippen LogP contribution in [0.2, 0.25) is 0 Å². The van der Waals surface area contributed by atoms with Crippen LogP contribution in [-0.2, 0) is 4.74 Å². The number of carbonyl (C=O) groups is 1. The lowest BCUT2D eigenvalue weighted by Crippen LogP contribution is -2.34. The maximum atomic E-state index is 11.5. The molecule has 0 spiro atoms. The third-order valence-electron chi connectivity index (χ3n) is 1.42. The average Bonchev–Trinajstić information content (AvgIpc) is 2.27. The molecule has 0 bridgehead atoms. The van der Waals surface area contributed by atoms with Crippen molar-refractivity contribution in [2.24, 2.45) is 0 Å². The maximum Gasteiger partial charge on any atom is 0.410 e. The van der Waals surface area contributed by atoms with Crippen molar-refractivity contribution in [2.75, 3.05) is 13.0 Å². The van der Waals surface area contributed by atoms with Crippen molar-refractivity contribution >= 4 is 6.09 Å². The van der Waals surface area contributed by atoms with Gasteiger partial charge in [0.15, 0.2) is 0 Å². The van der Waals surface area contributed by atoms with Crippen LogP contribution < -0.4 is 0 Å². The van der Waals surface area contributed by atoms with Crippen LogP contribution in [0.5, 0.6) is 0 Å². The Morgan fingerprint density at radius 3 is 2.33 bits per heavy atom. The molecule has 1 fully saturated rings. The van der Waals surface area contributed by atoms with Crippen molar-refractivity contribution in [1.82, 2.24) is 4.90 Å².